The average Bonchev–Trinajstić information content (AvgIpc) is 3.04. The minimum absolute atomic E-state index is 0.0465. The lowest BCUT2D eigenvalue weighted by molar-refractivity contribution is -0.136. The van der Waals surface area contributed by atoms with Crippen molar-refractivity contribution in [2.45, 2.75) is 12.8 Å². The van der Waals surface area contributed by atoms with Crippen molar-refractivity contribution in [1.29, 1.82) is 0 Å². The number of benzene rings is 2. The SMILES string of the molecule is COc1ccc(-c2ccc(CCC(=O)O)n2-c2cccc(O)c2)cc1. The molecule has 3 rings (SSSR count). The number of aryl methyl sites for hydroxylation is 1. The summed E-state index contributed by atoms with van der Waals surface area (Å²) in [7, 11) is 1.62. The number of hydrogen-bond donors (Lipinski definition) is 2. The highest BCUT2D eigenvalue weighted by Gasteiger charge is 2.13. The van der Waals surface area contributed by atoms with Crippen LogP contribution in [0.25, 0.3) is 16.9 Å². The van der Waals surface area contributed by atoms with Crippen molar-refractivity contribution in [3.63, 3.8) is 0 Å². The molecule has 128 valence electrons. The van der Waals surface area contributed by atoms with Crippen LogP contribution in [-0.4, -0.2) is 27.9 Å². The lowest BCUT2D eigenvalue weighted by Gasteiger charge is -2.14. The van der Waals surface area contributed by atoms with Crippen molar-refractivity contribution in [3.8, 4) is 28.4 Å². The molecule has 0 spiro atoms. The van der Waals surface area contributed by atoms with Gasteiger partial charge in [-0.25, -0.2) is 0 Å². The summed E-state index contributed by atoms with van der Waals surface area (Å²) in [5.74, 6) is 0.0936. The van der Waals surface area contributed by atoms with E-state index >= 15 is 0 Å². The number of phenolic OH excluding ortho intramolecular Hbond substituents is 1. The number of carbonyl (C=O) groups is 1. The molecule has 0 fully saturated rings. The zero-order valence-corrected chi connectivity index (χ0v) is 13.8. The van der Waals surface area contributed by atoms with Gasteiger partial charge in [0.05, 0.1) is 19.2 Å². The van der Waals surface area contributed by atoms with E-state index in [1.165, 1.54) is 0 Å². The van der Waals surface area contributed by atoms with Crippen molar-refractivity contribution in [2.24, 2.45) is 0 Å². The standard InChI is InChI=1S/C20H19NO4/c1-25-18-9-5-14(6-10-18)19-11-7-15(8-12-20(23)24)21(19)16-3-2-4-17(22)13-16/h2-7,9-11,13,22H,8,12H2,1H3,(H,23,24). The van der Waals surface area contributed by atoms with Gasteiger partial charge in [-0.1, -0.05) is 6.07 Å². The van der Waals surface area contributed by atoms with Crippen molar-refractivity contribution < 1.29 is 19.7 Å². The maximum Gasteiger partial charge on any atom is 0.303 e. The fourth-order valence-electron chi connectivity index (χ4n) is 2.83. The number of carboxylic acid groups (broad SMARTS) is 1. The van der Waals surface area contributed by atoms with Crippen LogP contribution < -0.4 is 4.74 Å². The summed E-state index contributed by atoms with van der Waals surface area (Å²) < 4.78 is 7.18. The largest absolute Gasteiger partial charge is 0.508 e. The minimum atomic E-state index is -0.838. The quantitative estimate of drug-likeness (QED) is 0.716. The van der Waals surface area contributed by atoms with Crippen LogP contribution in [0.3, 0.4) is 0 Å². The molecular weight excluding hydrogens is 318 g/mol. The molecule has 0 saturated heterocycles. The molecule has 0 aliphatic rings. The van der Waals surface area contributed by atoms with E-state index in [1.54, 1.807) is 25.3 Å². The van der Waals surface area contributed by atoms with Gasteiger partial charge in [0.25, 0.3) is 0 Å². The summed E-state index contributed by atoms with van der Waals surface area (Å²) in [4.78, 5) is 11.0. The van der Waals surface area contributed by atoms with Crippen molar-refractivity contribution in [3.05, 3.63) is 66.4 Å². The summed E-state index contributed by atoms with van der Waals surface area (Å²) in [6.45, 7) is 0. The molecule has 2 aromatic carbocycles. The van der Waals surface area contributed by atoms with E-state index in [9.17, 15) is 9.90 Å². The van der Waals surface area contributed by atoms with Crippen LogP contribution in [0.15, 0.2) is 60.7 Å². The second-order valence-electron chi connectivity index (χ2n) is 5.69. The van der Waals surface area contributed by atoms with E-state index in [1.807, 2.05) is 47.0 Å². The first-order valence-corrected chi connectivity index (χ1v) is 7.95. The van der Waals surface area contributed by atoms with Crippen molar-refractivity contribution in [1.82, 2.24) is 4.57 Å². The lowest BCUT2D eigenvalue weighted by atomic mass is 10.1. The van der Waals surface area contributed by atoms with Gasteiger partial charge in [-0.05, 0) is 60.5 Å². The van der Waals surface area contributed by atoms with E-state index in [2.05, 4.69) is 0 Å². The van der Waals surface area contributed by atoms with Gasteiger partial charge in [-0.3, -0.25) is 4.79 Å². The number of carboxylic acids is 1. The van der Waals surface area contributed by atoms with Crippen LogP contribution in [0.5, 0.6) is 11.5 Å². The van der Waals surface area contributed by atoms with E-state index in [0.29, 0.717) is 6.42 Å². The number of aliphatic carboxylic acids is 1. The van der Waals surface area contributed by atoms with Crippen molar-refractivity contribution in [2.75, 3.05) is 7.11 Å². The number of methoxy groups -OCH3 is 1. The van der Waals surface area contributed by atoms with Gasteiger partial charge < -0.3 is 19.5 Å². The molecule has 0 aliphatic heterocycles. The van der Waals surface area contributed by atoms with Gasteiger partial charge in [0.2, 0.25) is 0 Å². The summed E-state index contributed by atoms with van der Waals surface area (Å²) in [6.07, 6.45) is 0.450. The molecule has 0 amide bonds. The Bertz CT molecular complexity index is 881. The molecule has 0 unspecified atom stereocenters. The van der Waals surface area contributed by atoms with Gasteiger partial charge in [-0.2, -0.15) is 0 Å². The molecule has 3 aromatic rings. The molecule has 2 N–H and O–H groups in total. The molecule has 0 atom stereocenters. The Hall–Kier alpha value is -3.21. The van der Waals surface area contributed by atoms with Gasteiger partial charge >= 0.3 is 5.97 Å². The number of ether oxygens (including phenoxy) is 1. The number of rotatable bonds is 6. The van der Waals surface area contributed by atoms with Crippen LogP contribution in [0.1, 0.15) is 12.1 Å². The molecule has 1 aromatic heterocycles. The normalized spacial score (nSPS) is 10.6. The minimum Gasteiger partial charge on any atom is -0.508 e. The number of nitrogens with zero attached hydrogens (tertiary/aromatic N) is 1. The Morgan fingerprint density at radius 3 is 2.48 bits per heavy atom. The monoisotopic (exact) mass is 337 g/mol. The average molecular weight is 337 g/mol. The van der Waals surface area contributed by atoms with Crippen LogP contribution in [0, 0.1) is 0 Å². The Labute approximate surface area is 145 Å². The van der Waals surface area contributed by atoms with Gasteiger partial charge in [0, 0.05) is 17.4 Å². The third-order valence-corrected chi connectivity index (χ3v) is 4.03. The molecule has 0 aliphatic carbocycles. The number of aromatic nitrogens is 1. The summed E-state index contributed by atoms with van der Waals surface area (Å²) in [5, 5.41) is 18.8. The smallest absolute Gasteiger partial charge is 0.303 e. The number of aromatic hydroxyl groups is 1. The predicted octanol–water partition coefficient (Wildman–Crippen LogP) is 3.88. The van der Waals surface area contributed by atoms with Crippen LogP contribution >= 0.6 is 0 Å². The van der Waals surface area contributed by atoms with E-state index < -0.39 is 5.97 Å². The van der Waals surface area contributed by atoms with Crippen molar-refractivity contribution >= 4 is 5.97 Å². The lowest BCUT2D eigenvalue weighted by Crippen LogP contribution is -2.05. The Kier molecular flexibility index (Phi) is 4.75. The number of hydrogen-bond acceptors (Lipinski definition) is 3. The highest BCUT2D eigenvalue weighted by atomic mass is 16.5. The molecule has 1 heterocycles. The molecule has 0 bridgehead atoms. The Morgan fingerprint density at radius 1 is 1.08 bits per heavy atom. The number of phenols is 1. The highest BCUT2D eigenvalue weighted by Crippen LogP contribution is 2.30. The van der Waals surface area contributed by atoms with Gasteiger partial charge in [0.1, 0.15) is 11.5 Å². The maximum absolute atomic E-state index is 11.0. The fourth-order valence-corrected chi connectivity index (χ4v) is 2.83. The Morgan fingerprint density at radius 2 is 1.84 bits per heavy atom. The van der Waals surface area contributed by atoms with Crippen LogP contribution in [0.4, 0.5) is 0 Å². The third-order valence-electron chi connectivity index (χ3n) is 4.03. The third kappa shape index (κ3) is 3.66. The van der Waals surface area contributed by atoms with Crippen LogP contribution in [-0.2, 0) is 11.2 Å². The summed E-state index contributed by atoms with van der Waals surface area (Å²) in [5.41, 5.74) is 3.56. The molecule has 0 radical (unpaired) electrons. The second-order valence-corrected chi connectivity index (χ2v) is 5.69. The first-order chi connectivity index (χ1) is 12.1. The summed E-state index contributed by atoms with van der Waals surface area (Å²) >= 11 is 0. The van der Waals surface area contributed by atoms with Crippen LogP contribution in [0.2, 0.25) is 0 Å². The van der Waals surface area contributed by atoms with E-state index in [0.717, 1.165) is 28.4 Å². The second kappa shape index (κ2) is 7.13. The topological polar surface area (TPSA) is 71.7 Å². The molecule has 5 nitrogen and oxygen atoms in total. The first kappa shape index (κ1) is 16.6. The first-order valence-electron chi connectivity index (χ1n) is 7.95. The Balaban J connectivity index is 2.09. The van der Waals surface area contributed by atoms with E-state index in [4.69, 9.17) is 9.84 Å². The summed E-state index contributed by atoms with van der Waals surface area (Å²) in [6, 6.07) is 18.5. The molecular formula is C20H19NO4. The maximum atomic E-state index is 11.0. The highest BCUT2D eigenvalue weighted by molar-refractivity contribution is 5.68. The molecule has 5 heteroatoms. The van der Waals surface area contributed by atoms with Gasteiger partial charge in [0.15, 0.2) is 0 Å². The van der Waals surface area contributed by atoms with E-state index in [-0.39, 0.29) is 12.2 Å². The zero-order chi connectivity index (χ0) is 17.8. The fraction of sp³-hybridized carbons (Fsp3) is 0.150. The zero-order valence-electron chi connectivity index (χ0n) is 13.8. The molecule has 25 heavy (non-hydrogen) atoms. The van der Waals surface area contributed by atoms with Gasteiger partial charge in [-0.15, -0.1) is 0 Å². The predicted molar refractivity (Wildman–Crippen MR) is 95.4 cm³/mol. The molecule has 0 saturated carbocycles.